The number of hydrogen-bond acceptors (Lipinski definition) is 6. The van der Waals surface area contributed by atoms with E-state index in [9.17, 15) is 18.0 Å². The Morgan fingerprint density at radius 3 is 2.80 bits per heavy atom. The molecule has 1 N–H and O–H groups in total. The number of hydrogen-bond donors (Lipinski definition) is 1. The molecule has 1 amide bonds. The van der Waals surface area contributed by atoms with Crippen LogP contribution in [0.25, 0.3) is 0 Å². The first-order chi connectivity index (χ1) is 11.9. The van der Waals surface area contributed by atoms with E-state index in [-0.39, 0.29) is 22.1 Å². The molecule has 0 spiro atoms. The molecule has 0 radical (unpaired) electrons. The van der Waals surface area contributed by atoms with Crippen LogP contribution in [-0.4, -0.2) is 33.9 Å². The maximum Gasteiger partial charge on any atom is 0.349 e. The molecule has 1 aromatic heterocycles. The third-order valence-corrected chi connectivity index (χ3v) is 6.32. The van der Waals surface area contributed by atoms with Gasteiger partial charge in [-0.05, 0) is 42.1 Å². The predicted octanol–water partition coefficient (Wildman–Crippen LogP) is 2.24. The van der Waals surface area contributed by atoms with Gasteiger partial charge in [0.05, 0.1) is 13.5 Å². The second-order valence-corrected chi connectivity index (χ2v) is 7.94. The summed E-state index contributed by atoms with van der Waals surface area (Å²) >= 11 is 0.998. The lowest BCUT2D eigenvalue weighted by Crippen LogP contribution is -2.25. The van der Waals surface area contributed by atoms with E-state index >= 15 is 0 Å². The quantitative estimate of drug-likeness (QED) is 0.803. The fourth-order valence-corrected chi connectivity index (χ4v) is 5.14. The van der Waals surface area contributed by atoms with Crippen molar-refractivity contribution in [3.63, 3.8) is 0 Å². The summed E-state index contributed by atoms with van der Waals surface area (Å²) in [6, 6.07) is 6.32. The SMILES string of the molecule is CCN1C(=O)Cc2cc(NS(=O)(=O)c3ccsc3C(=O)OC)ccc21. The number of thiophene rings is 1. The van der Waals surface area contributed by atoms with E-state index in [2.05, 4.69) is 9.46 Å². The maximum atomic E-state index is 12.6. The Kier molecular flexibility index (Phi) is 4.53. The van der Waals surface area contributed by atoms with E-state index in [1.54, 1.807) is 23.1 Å². The predicted molar refractivity (Wildman–Crippen MR) is 94.6 cm³/mol. The topological polar surface area (TPSA) is 92.8 Å². The summed E-state index contributed by atoms with van der Waals surface area (Å²) < 4.78 is 32.3. The summed E-state index contributed by atoms with van der Waals surface area (Å²) in [4.78, 5) is 25.2. The van der Waals surface area contributed by atoms with Crippen LogP contribution in [0.15, 0.2) is 34.5 Å². The van der Waals surface area contributed by atoms with Crippen molar-refractivity contribution in [1.82, 2.24) is 0 Å². The van der Waals surface area contributed by atoms with Crippen molar-refractivity contribution in [2.24, 2.45) is 0 Å². The Balaban J connectivity index is 1.91. The van der Waals surface area contributed by atoms with E-state index < -0.39 is 16.0 Å². The number of ether oxygens (including phenoxy) is 1. The van der Waals surface area contributed by atoms with Crippen molar-refractivity contribution in [1.29, 1.82) is 0 Å². The number of nitrogens with zero attached hydrogens (tertiary/aromatic N) is 1. The van der Waals surface area contributed by atoms with Gasteiger partial charge in [-0.3, -0.25) is 9.52 Å². The van der Waals surface area contributed by atoms with Gasteiger partial charge in [-0.1, -0.05) is 0 Å². The Hall–Kier alpha value is -2.39. The highest BCUT2D eigenvalue weighted by molar-refractivity contribution is 7.93. The van der Waals surface area contributed by atoms with E-state index in [1.165, 1.54) is 18.6 Å². The number of benzene rings is 1. The number of sulfonamides is 1. The van der Waals surface area contributed by atoms with Crippen molar-refractivity contribution in [3.05, 3.63) is 40.1 Å². The summed E-state index contributed by atoms with van der Waals surface area (Å²) in [6.45, 7) is 2.45. The zero-order valence-electron chi connectivity index (χ0n) is 13.6. The number of carbonyl (C=O) groups is 2. The molecular formula is C16H16N2O5S2. The third kappa shape index (κ3) is 3.12. The lowest BCUT2D eigenvalue weighted by molar-refractivity contribution is -0.117. The first-order valence-corrected chi connectivity index (χ1v) is 9.85. The third-order valence-electron chi connectivity index (χ3n) is 3.87. The average molecular weight is 380 g/mol. The van der Waals surface area contributed by atoms with Crippen LogP contribution in [0.4, 0.5) is 11.4 Å². The van der Waals surface area contributed by atoms with Crippen LogP contribution in [0.1, 0.15) is 22.2 Å². The number of methoxy groups -OCH3 is 1. The van der Waals surface area contributed by atoms with Gasteiger partial charge in [0.2, 0.25) is 5.91 Å². The molecule has 25 heavy (non-hydrogen) atoms. The molecule has 2 aromatic rings. The maximum absolute atomic E-state index is 12.6. The minimum atomic E-state index is -3.94. The van der Waals surface area contributed by atoms with Crippen molar-refractivity contribution in [2.45, 2.75) is 18.2 Å². The molecule has 2 heterocycles. The standard InChI is InChI=1S/C16H16N2O5S2/c1-3-18-12-5-4-11(8-10(12)9-14(18)19)17-25(21,22)13-6-7-24-15(13)16(20)23-2/h4-8,17H,3,9H2,1-2H3. The van der Waals surface area contributed by atoms with E-state index in [1.807, 2.05) is 6.92 Å². The van der Waals surface area contributed by atoms with Crippen molar-refractivity contribution < 1.29 is 22.7 Å². The Labute approximate surface area is 149 Å². The molecule has 132 valence electrons. The molecule has 7 nitrogen and oxygen atoms in total. The largest absolute Gasteiger partial charge is 0.465 e. The minimum Gasteiger partial charge on any atom is -0.465 e. The fourth-order valence-electron chi connectivity index (χ4n) is 2.75. The minimum absolute atomic E-state index is 0.0108. The van der Waals surface area contributed by atoms with Crippen molar-refractivity contribution >= 4 is 44.6 Å². The summed E-state index contributed by atoms with van der Waals surface area (Å²) in [6.07, 6.45) is 0.241. The van der Waals surface area contributed by atoms with Crippen molar-refractivity contribution in [3.8, 4) is 0 Å². The van der Waals surface area contributed by atoms with Crippen LogP contribution in [0.5, 0.6) is 0 Å². The molecule has 3 rings (SSSR count). The molecule has 0 saturated heterocycles. The Morgan fingerprint density at radius 1 is 1.36 bits per heavy atom. The molecule has 0 bridgehead atoms. The van der Waals surface area contributed by atoms with Crippen LogP contribution < -0.4 is 9.62 Å². The van der Waals surface area contributed by atoms with Crippen LogP contribution in [-0.2, 0) is 26.0 Å². The highest BCUT2D eigenvalue weighted by Gasteiger charge is 2.28. The number of anilines is 2. The molecule has 1 aromatic carbocycles. The van der Waals surface area contributed by atoms with Gasteiger partial charge in [-0.25, -0.2) is 13.2 Å². The lowest BCUT2D eigenvalue weighted by atomic mass is 10.1. The smallest absolute Gasteiger partial charge is 0.349 e. The Morgan fingerprint density at radius 2 is 2.12 bits per heavy atom. The van der Waals surface area contributed by atoms with E-state index in [0.29, 0.717) is 12.2 Å². The highest BCUT2D eigenvalue weighted by atomic mass is 32.2. The normalized spacial score (nSPS) is 13.7. The number of rotatable bonds is 5. The molecule has 0 aliphatic carbocycles. The van der Waals surface area contributed by atoms with Gasteiger partial charge in [0, 0.05) is 17.9 Å². The lowest BCUT2D eigenvalue weighted by Gasteiger charge is -2.15. The first-order valence-electron chi connectivity index (χ1n) is 7.49. The number of nitrogens with one attached hydrogen (secondary N) is 1. The molecule has 1 aliphatic heterocycles. The molecular weight excluding hydrogens is 364 g/mol. The summed E-state index contributed by atoms with van der Waals surface area (Å²) in [5.41, 5.74) is 1.90. The molecule has 9 heteroatoms. The molecule has 0 fully saturated rings. The van der Waals surface area contributed by atoms with Gasteiger partial charge in [0.25, 0.3) is 10.0 Å². The van der Waals surface area contributed by atoms with Crippen LogP contribution in [0.2, 0.25) is 0 Å². The Bertz CT molecular complexity index is 949. The van der Waals surface area contributed by atoms with Crippen LogP contribution >= 0.6 is 11.3 Å². The summed E-state index contributed by atoms with van der Waals surface area (Å²) in [5.74, 6) is -0.711. The van der Waals surface area contributed by atoms with Gasteiger partial charge < -0.3 is 9.64 Å². The van der Waals surface area contributed by atoms with Gasteiger partial charge >= 0.3 is 5.97 Å². The number of fused-ring (bicyclic) bond motifs is 1. The van der Waals surface area contributed by atoms with Crippen molar-refractivity contribution in [2.75, 3.05) is 23.3 Å². The van der Waals surface area contributed by atoms with Gasteiger partial charge in [0.1, 0.15) is 9.77 Å². The summed E-state index contributed by atoms with van der Waals surface area (Å²) in [5, 5.41) is 1.52. The number of likely N-dealkylation sites (N-methyl/N-ethyl adjacent to an activating group) is 1. The molecule has 0 atom stereocenters. The van der Waals surface area contributed by atoms with Gasteiger partial charge in [0.15, 0.2) is 0 Å². The van der Waals surface area contributed by atoms with Crippen LogP contribution in [0, 0.1) is 0 Å². The number of carbonyl (C=O) groups excluding carboxylic acids is 2. The number of amides is 1. The zero-order valence-corrected chi connectivity index (χ0v) is 15.2. The van der Waals surface area contributed by atoms with E-state index in [4.69, 9.17) is 0 Å². The monoisotopic (exact) mass is 380 g/mol. The second kappa shape index (κ2) is 6.49. The number of esters is 1. The van der Waals surface area contributed by atoms with E-state index in [0.717, 1.165) is 22.6 Å². The fraction of sp³-hybridized carbons (Fsp3) is 0.250. The molecule has 0 unspecified atom stereocenters. The first kappa shape index (κ1) is 17.4. The van der Waals surface area contributed by atoms with Gasteiger partial charge in [-0.2, -0.15) is 0 Å². The van der Waals surface area contributed by atoms with Gasteiger partial charge in [-0.15, -0.1) is 11.3 Å². The average Bonchev–Trinajstić information content (AvgIpc) is 3.17. The summed E-state index contributed by atoms with van der Waals surface area (Å²) in [7, 11) is -2.75. The zero-order chi connectivity index (χ0) is 18.2. The second-order valence-electron chi connectivity index (χ2n) is 5.37. The van der Waals surface area contributed by atoms with Crippen LogP contribution in [0.3, 0.4) is 0 Å². The molecule has 0 saturated carbocycles. The highest BCUT2D eigenvalue weighted by Crippen LogP contribution is 2.32. The molecule has 1 aliphatic rings.